The Morgan fingerprint density at radius 3 is 2.55 bits per heavy atom. The number of halogens is 2. The maximum absolute atomic E-state index is 12.5. The van der Waals surface area contributed by atoms with E-state index in [0.717, 1.165) is 19.6 Å². The Bertz CT molecular complexity index is 506. The molecular formula is C15H20Cl2N2O3. The number of aliphatic hydroxyl groups is 1. The monoisotopic (exact) mass is 346 g/mol. The molecule has 0 atom stereocenters. The lowest BCUT2D eigenvalue weighted by molar-refractivity contribution is 0.0486. The first-order valence-corrected chi connectivity index (χ1v) is 8.02. The van der Waals surface area contributed by atoms with E-state index < -0.39 is 0 Å². The molecular weight excluding hydrogens is 327 g/mol. The Morgan fingerprint density at radius 2 is 1.91 bits per heavy atom. The van der Waals surface area contributed by atoms with Gasteiger partial charge in [0.05, 0.1) is 30.4 Å². The first-order valence-electron chi connectivity index (χ1n) is 7.27. The van der Waals surface area contributed by atoms with Crippen LogP contribution in [0.4, 0.5) is 0 Å². The Labute approximate surface area is 140 Å². The minimum absolute atomic E-state index is 0.0458. The second-order valence-electron chi connectivity index (χ2n) is 5.09. The molecule has 1 aromatic carbocycles. The van der Waals surface area contributed by atoms with Gasteiger partial charge in [0, 0.05) is 37.7 Å². The number of hydrogen-bond acceptors (Lipinski definition) is 4. The second-order valence-corrected chi connectivity index (χ2v) is 5.94. The van der Waals surface area contributed by atoms with Gasteiger partial charge in [0.25, 0.3) is 5.91 Å². The molecule has 1 aliphatic heterocycles. The van der Waals surface area contributed by atoms with Gasteiger partial charge in [0.2, 0.25) is 0 Å². The van der Waals surface area contributed by atoms with Crippen LogP contribution in [0.15, 0.2) is 18.2 Å². The Balaban J connectivity index is 1.82. The summed E-state index contributed by atoms with van der Waals surface area (Å²) in [4.78, 5) is 16.5. The van der Waals surface area contributed by atoms with E-state index in [1.807, 2.05) is 0 Å². The van der Waals surface area contributed by atoms with Gasteiger partial charge in [-0.2, -0.15) is 0 Å². The fourth-order valence-corrected chi connectivity index (χ4v) is 2.86. The third kappa shape index (κ3) is 4.83. The van der Waals surface area contributed by atoms with Crippen LogP contribution < -0.4 is 0 Å². The summed E-state index contributed by atoms with van der Waals surface area (Å²) in [7, 11) is 0. The third-order valence-electron chi connectivity index (χ3n) is 3.61. The fraction of sp³-hybridized carbons (Fsp3) is 0.533. The summed E-state index contributed by atoms with van der Waals surface area (Å²) in [5, 5.41) is 9.55. The fourth-order valence-electron chi connectivity index (χ4n) is 2.37. The second kappa shape index (κ2) is 8.70. The standard InChI is InChI=1S/C15H20Cl2N2O3/c16-12-1-2-13(14(17)11-12)15(21)19-5-3-18(4-6-19)7-9-22-10-8-20/h1-2,11,20H,3-10H2. The van der Waals surface area contributed by atoms with E-state index in [-0.39, 0.29) is 12.5 Å². The van der Waals surface area contributed by atoms with Crippen molar-refractivity contribution in [1.82, 2.24) is 9.80 Å². The smallest absolute Gasteiger partial charge is 0.255 e. The number of ether oxygens (including phenoxy) is 1. The van der Waals surface area contributed by atoms with Crippen molar-refractivity contribution in [3.05, 3.63) is 33.8 Å². The molecule has 0 aromatic heterocycles. The summed E-state index contributed by atoms with van der Waals surface area (Å²) in [5.41, 5.74) is 0.491. The molecule has 2 rings (SSSR count). The quantitative estimate of drug-likeness (QED) is 0.797. The highest BCUT2D eigenvalue weighted by molar-refractivity contribution is 6.36. The van der Waals surface area contributed by atoms with Gasteiger partial charge in [0.15, 0.2) is 0 Å². The molecule has 1 aromatic rings. The number of aliphatic hydroxyl groups excluding tert-OH is 1. The maximum atomic E-state index is 12.5. The minimum atomic E-state index is -0.0575. The first-order chi connectivity index (χ1) is 10.6. The number of benzene rings is 1. The predicted molar refractivity (Wildman–Crippen MR) is 86.7 cm³/mol. The van der Waals surface area contributed by atoms with Gasteiger partial charge in [-0.15, -0.1) is 0 Å². The summed E-state index contributed by atoms with van der Waals surface area (Å²) in [6.07, 6.45) is 0. The number of piperazine rings is 1. The molecule has 1 heterocycles. The average Bonchev–Trinajstić information content (AvgIpc) is 2.52. The average molecular weight is 347 g/mol. The summed E-state index contributed by atoms with van der Waals surface area (Å²) in [6, 6.07) is 4.93. The first kappa shape index (κ1) is 17.5. The van der Waals surface area contributed by atoms with Gasteiger partial charge in [-0.05, 0) is 18.2 Å². The summed E-state index contributed by atoms with van der Waals surface area (Å²) in [6.45, 7) is 4.76. The van der Waals surface area contributed by atoms with Crippen LogP contribution in [-0.2, 0) is 4.74 Å². The van der Waals surface area contributed by atoms with Crippen LogP contribution in [0, 0.1) is 0 Å². The van der Waals surface area contributed by atoms with Gasteiger partial charge >= 0.3 is 0 Å². The molecule has 0 saturated carbocycles. The number of carbonyl (C=O) groups excluding carboxylic acids is 1. The number of nitrogens with zero attached hydrogens (tertiary/aromatic N) is 2. The van der Waals surface area contributed by atoms with Crippen LogP contribution in [0.3, 0.4) is 0 Å². The molecule has 0 spiro atoms. The Morgan fingerprint density at radius 1 is 1.18 bits per heavy atom. The molecule has 1 fully saturated rings. The summed E-state index contributed by atoms with van der Waals surface area (Å²) >= 11 is 11.9. The summed E-state index contributed by atoms with van der Waals surface area (Å²) in [5.74, 6) is -0.0575. The van der Waals surface area contributed by atoms with Crippen molar-refractivity contribution in [3.63, 3.8) is 0 Å². The Hall–Kier alpha value is -0.850. The lowest BCUT2D eigenvalue weighted by Crippen LogP contribution is -2.49. The third-order valence-corrected chi connectivity index (χ3v) is 4.16. The zero-order valence-electron chi connectivity index (χ0n) is 12.3. The SMILES string of the molecule is O=C(c1ccc(Cl)cc1Cl)N1CCN(CCOCCO)CC1. The van der Waals surface area contributed by atoms with Crippen LogP contribution in [-0.4, -0.2) is 73.4 Å². The highest BCUT2D eigenvalue weighted by atomic mass is 35.5. The molecule has 1 amide bonds. The molecule has 1 N–H and O–H groups in total. The van der Waals surface area contributed by atoms with E-state index in [4.69, 9.17) is 33.0 Å². The highest BCUT2D eigenvalue weighted by Crippen LogP contribution is 2.22. The molecule has 0 unspecified atom stereocenters. The van der Waals surface area contributed by atoms with Crippen molar-refractivity contribution in [1.29, 1.82) is 0 Å². The molecule has 0 radical (unpaired) electrons. The molecule has 0 bridgehead atoms. The number of rotatable bonds is 6. The van der Waals surface area contributed by atoms with E-state index in [0.29, 0.717) is 41.9 Å². The van der Waals surface area contributed by atoms with Gasteiger partial charge < -0.3 is 14.7 Å². The van der Waals surface area contributed by atoms with Crippen LogP contribution >= 0.6 is 23.2 Å². The highest BCUT2D eigenvalue weighted by Gasteiger charge is 2.23. The molecule has 7 heteroatoms. The van der Waals surface area contributed by atoms with E-state index in [2.05, 4.69) is 4.90 Å². The zero-order chi connectivity index (χ0) is 15.9. The van der Waals surface area contributed by atoms with Crippen molar-refractivity contribution in [2.24, 2.45) is 0 Å². The van der Waals surface area contributed by atoms with Crippen molar-refractivity contribution in [2.75, 3.05) is 52.5 Å². The molecule has 5 nitrogen and oxygen atoms in total. The van der Waals surface area contributed by atoms with Crippen LogP contribution in [0.25, 0.3) is 0 Å². The van der Waals surface area contributed by atoms with Gasteiger partial charge in [-0.3, -0.25) is 9.69 Å². The van der Waals surface area contributed by atoms with Crippen molar-refractivity contribution >= 4 is 29.1 Å². The predicted octanol–water partition coefficient (Wildman–Crippen LogP) is 1.76. The molecule has 1 saturated heterocycles. The number of carbonyl (C=O) groups is 1. The molecule has 1 aliphatic rings. The van der Waals surface area contributed by atoms with E-state index in [1.54, 1.807) is 23.1 Å². The molecule has 22 heavy (non-hydrogen) atoms. The lowest BCUT2D eigenvalue weighted by atomic mass is 10.2. The van der Waals surface area contributed by atoms with Crippen LogP contribution in [0.5, 0.6) is 0 Å². The van der Waals surface area contributed by atoms with Crippen LogP contribution in [0.2, 0.25) is 10.0 Å². The van der Waals surface area contributed by atoms with E-state index in [9.17, 15) is 4.79 Å². The maximum Gasteiger partial charge on any atom is 0.255 e. The van der Waals surface area contributed by atoms with Crippen molar-refractivity contribution in [2.45, 2.75) is 0 Å². The zero-order valence-corrected chi connectivity index (χ0v) is 13.8. The lowest BCUT2D eigenvalue weighted by Gasteiger charge is -2.34. The van der Waals surface area contributed by atoms with Gasteiger partial charge in [0.1, 0.15) is 0 Å². The minimum Gasteiger partial charge on any atom is -0.394 e. The molecule has 0 aliphatic carbocycles. The van der Waals surface area contributed by atoms with E-state index in [1.165, 1.54) is 0 Å². The normalized spacial score (nSPS) is 16.0. The number of amides is 1. The Kier molecular flexibility index (Phi) is 6.92. The summed E-state index contributed by atoms with van der Waals surface area (Å²) < 4.78 is 5.25. The molecule has 122 valence electrons. The van der Waals surface area contributed by atoms with Crippen molar-refractivity contribution < 1.29 is 14.6 Å². The largest absolute Gasteiger partial charge is 0.394 e. The van der Waals surface area contributed by atoms with E-state index >= 15 is 0 Å². The van der Waals surface area contributed by atoms with Crippen LogP contribution in [0.1, 0.15) is 10.4 Å². The van der Waals surface area contributed by atoms with Gasteiger partial charge in [-0.1, -0.05) is 23.2 Å². The van der Waals surface area contributed by atoms with Crippen molar-refractivity contribution in [3.8, 4) is 0 Å². The van der Waals surface area contributed by atoms with Gasteiger partial charge in [-0.25, -0.2) is 0 Å². The number of hydrogen-bond donors (Lipinski definition) is 1. The topological polar surface area (TPSA) is 53.0 Å².